The number of thiazole rings is 1. The molecule has 0 bridgehead atoms. The van der Waals surface area contributed by atoms with Crippen LogP contribution in [-0.2, 0) is 7.05 Å². The molecule has 0 spiro atoms. The first kappa shape index (κ1) is 13.4. The minimum absolute atomic E-state index is 0.0894. The number of aromatic nitrogens is 2. The molecule has 0 saturated carbocycles. The first-order valence-corrected chi connectivity index (χ1v) is 7.08. The summed E-state index contributed by atoms with van der Waals surface area (Å²) in [4.78, 5) is 16.4. The number of nitrogens with zero attached hydrogens (tertiary/aromatic N) is 3. The molecule has 1 amide bonds. The zero-order valence-electron chi connectivity index (χ0n) is 10.1. The van der Waals surface area contributed by atoms with Crippen LogP contribution >= 0.6 is 34.5 Å². The topological polar surface area (TPSA) is 60.4 Å². The summed E-state index contributed by atoms with van der Waals surface area (Å²) in [7, 11) is 1.77. The van der Waals surface area contributed by atoms with E-state index in [1.165, 1.54) is 23.6 Å². The minimum atomic E-state index is -0.494. The van der Waals surface area contributed by atoms with Crippen molar-refractivity contribution in [3.05, 3.63) is 45.0 Å². The molecule has 1 aromatic carbocycles. The maximum Gasteiger partial charge on any atom is 0.318 e. The molecule has 20 heavy (non-hydrogen) atoms. The molecule has 0 aliphatic heterocycles. The number of halogens is 2. The van der Waals surface area contributed by atoms with Crippen LogP contribution < -0.4 is 4.80 Å². The molecule has 0 atom stereocenters. The molecule has 2 aromatic heterocycles. The van der Waals surface area contributed by atoms with Crippen LogP contribution in [0.1, 0.15) is 10.6 Å². The van der Waals surface area contributed by atoms with Crippen LogP contribution in [0, 0.1) is 0 Å². The number of aryl methyl sites for hydroxylation is 1. The Kier molecular flexibility index (Phi) is 3.37. The van der Waals surface area contributed by atoms with Crippen LogP contribution in [0.3, 0.4) is 0 Å². The van der Waals surface area contributed by atoms with Crippen LogP contribution in [-0.4, -0.2) is 15.6 Å². The first-order chi connectivity index (χ1) is 9.58. The zero-order chi connectivity index (χ0) is 14.3. The molecule has 5 nitrogen and oxygen atoms in total. The fourth-order valence-corrected chi connectivity index (χ4v) is 3.27. The van der Waals surface area contributed by atoms with E-state index in [0.29, 0.717) is 14.8 Å². The van der Waals surface area contributed by atoms with E-state index in [4.69, 9.17) is 27.7 Å². The molecule has 102 valence electrons. The first-order valence-electron chi connectivity index (χ1n) is 5.51. The van der Waals surface area contributed by atoms with Gasteiger partial charge in [-0.05, 0) is 12.1 Å². The monoisotopic (exact) mass is 327 g/mol. The number of benzene rings is 1. The summed E-state index contributed by atoms with van der Waals surface area (Å²) in [6.07, 6.45) is 1.39. The number of carbonyl (C=O) groups excluding carboxylic acids is 1. The van der Waals surface area contributed by atoms with E-state index in [1.807, 2.05) is 6.07 Å². The number of fused-ring (bicyclic) bond motifs is 1. The number of amides is 1. The third-order valence-corrected chi connectivity index (χ3v) is 4.59. The van der Waals surface area contributed by atoms with Crippen molar-refractivity contribution in [2.24, 2.45) is 12.0 Å². The summed E-state index contributed by atoms with van der Waals surface area (Å²) in [6.45, 7) is 0. The fraction of sp³-hybridized carbons (Fsp3) is 0.0833. The van der Waals surface area contributed by atoms with Gasteiger partial charge in [0.1, 0.15) is 0 Å². The van der Waals surface area contributed by atoms with Gasteiger partial charge >= 0.3 is 5.91 Å². The van der Waals surface area contributed by atoms with E-state index in [2.05, 4.69) is 10.1 Å². The van der Waals surface area contributed by atoms with E-state index >= 15 is 0 Å². The molecular weight excluding hydrogens is 321 g/mol. The normalized spacial score (nSPS) is 12.2. The molecule has 3 rings (SSSR count). The summed E-state index contributed by atoms with van der Waals surface area (Å²) >= 11 is 13.5. The van der Waals surface area contributed by atoms with Gasteiger partial charge in [0, 0.05) is 13.1 Å². The lowest BCUT2D eigenvalue weighted by molar-refractivity contribution is 0.0962. The van der Waals surface area contributed by atoms with Gasteiger partial charge in [-0.15, -0.1) is 0 Å². The van der Waals surface area contributed by atoms with Gasteiger partial charge in [-0.3, -0.25) is 4.79 Å². The van der Waals surface area contributed by atoms with Crippen LogP contribution in [0.15, 0.2) is 33.9 Å². The van der Waals surface area contributed by atoms with Crippen molar-refractivity contribution in [2.45, 2.75) is 0 Å². The number of hydrogen-bond donors (Lipinski definition) is 0. The highest BCUT2D eigenvalue weighted by molar-refractivity contribution is 7.16. The molecular formula is C12H7Cl2N3O2S. The molecule has 8 heteroatoms. The molecule has 0 saturated heterocycles. The molecule has 2 heterocycles. The van der Waals surface area contributed by atoms with Crippen molar-refractivity contribution in [1.82, 2.24) is 9.72 Å². The van der Waals surface area contributed by atoms with Gasteiger partial charge in [-0.2, -0.15) is 4.99 Å². The maximum atomic E-state index is 11.9. The van der Waals surface area contributed by atoms with Gasteiger partial charge in [-0.1, -0.05) is 39.7 Å². The quantitative estimate of drug-likeness (QED) is 0.689. The molecule has 0 radical (unpaired) electrons. The summed E-state index contributed by atoms with van der Waals surface area (Å²) in [5, 5.41) is 4.38. The highest BCUT2D eigenvalue weighted by atomic mass is 35.5. The van der Waals surface area contributed by atoms with Crippen molar-refractivity contribution in [3.8, 4) is 0 Å². The average molecular weight is 328 g/mol. The fourth-order valence-electron chi connectivity index (χ4n) is 1.75. The van der Waals surface area contributed by atoms with E-state index < -0.39 is 5.91 Å². The zero-order valence-corrected chi connectivity index (χ0v) is 12.5. The molecule has 0 aliphatic carbocycles. The molecule has 0 N–H and O–H groups in total. The second-order valence-corrected chi connectivity index (χ2v) is 5.74. The van der Waals surface area contributed by atoms with Gasteiger partial charge < -0.3 is 9.09 Å². The van der Waals surface area contributed by atoms with Crippen LogP contribution in [0.4, 0.5) is 0 Å². The Morgan fingerprint density at radius 2 is 2.20 bits per heavy atom. The van der Waals surface area contributed by atoms with Gasteiger partial charge in [0.25, 0.3) is 0 Å². The molecule has 0 unspecified atom stereocenters. The minimum Gasteiger partial charge on any atom is -0.351 e. The third-order valence-electron chi connectivity index (χ3n) is 2.70. The Labute approximate surface area is 127 Å². The van der Waals surface area contributed by atoms with Gasteiger partial charge in [0.05, 0.1) is 26.5 Å². The second-order valence-electron chi connectivity index (χ2n) is 3.95. The second kappa shape index (κ2) is 5.05. The van der Waals surface area contributed by atoms with Crippen LogP contribution in [0.25, 0.3) is 10.2 Å². The Bertz CT molecular complexity index is 865. The molecule has 0 fully saturated rings. The van der Waals surface area contributed by atoms with Crippen LogP contribution in [0.2, 0.25) is 10.0 Å². The smallest absolute Gasteiger partial charge is 0.318 e. The highest BCUT2D eigenvalue weighted by Gasteiger charge is 2.13. The maximum absolute atomic E-state index is 11.9. The number of rotatable bonds is 1. The Balaban J connectivity index is 2.21. The summed E-state index contributed by atoms with van der Waals surface area (Å²) in [5.41, 5.74) is 0.744. The van der Waals surface area contributed by atoms with E-state index in [-0.39, 0.29) is 5.76 Å². The van der Waals surface area contributed by atoms with E-state index in [1.54, 1.807) is 17.7 Å². The Morgan fingerprint density at radius 3 is 2.90 bits per heavy atom. The van der Waals surface area contributed by atoms with Crippen molar-refractivity contribution < 1.29 is 9.32 Å². The molecule has 0 aliphatic rings. The average Bonchev–Trinajstić information content (AvgIpc) is 3.04. The Morgan fingerprint density at radius 1 is 1.40 bits per heavy atom. The van der Waals surface area contributed by atoms with E-state index in [9.17, 15) is 4.79 Å². The highest BCUT2D eigenvalue weighted by Crippen LogP contribution is 2.31. The van der Waals surface area contributed by atoms with Crippen molar-refractivity contribution in [1.29, 1.82) is 0 Å². The van der Waals surface area contributed by atoms with Gasteiger partial charge in [0.15, 0.2) is 4.80 Å². The van der Waals surface area contributed by atoms with Gasteiger partial charge in [0.2, 0.25) is 5.76 Å². The standard InChI is InChI=1S/C12H7Cl2N3O2S/c1-17-10-8(3-2-6(13)9(10)14)20-12(17)16-11(18)7-4-5-15-19-7/h2-5H,1H3. The summed E-state index contributed by atoms with van der Waals surface area (Å²) in [6, 6.07) is 5.01. The lowest BCUT2D eigenvalue weighted by Crippen LogP contribution is -2.13. The lowest BCUT2D eigenvalue weighted by Gasteiger charge is -1.99. The number of hydrogen-bond acceptors (Lipinski definition) is 4. The van der Waals surface area contributed by atoms with Gasteiger partial charge in [-0.25, -0.2) is 0 Å². The van der Waals surface area contributed by atoms with E-state index in [0.717, 1.165) is 10.2 Å². The number of carbonyl (C=O) groups is 1. The predicted molar refractivity (Wildman–Crippen MR) is 77.2 cm³/mol. The predicted octanol–water partition coefficient (Wildman–Crippen LogP) is 3.28. The van der Waals surface area contributed by atoms with Crippen LogP contribution in [0.5, 0.6) is 0 Å². The van der Waals surface area contributed by atoms with Crippen molar-refractivity contribution in [2.75, 3.05) is 0 Å². The summed E-state index contributed by atoms with van der Waals surface area (Å²) in [5.74, 6) is -0.404. The summed E-state index contributed by atoms with van der Waals surface area (Å²) < 4.78 is 7.40. The largest absolute Gasteiger partial charge is 0.351 e. The van der Waals surface area contributed by atoms with Crippen molar-refractivity contribution in [3.63, 3.8) is 0 Å². The third kappa shape index (κ3) is 2.15. The van der Waals surface area contributed by atoms with Crippen molar-refractivity contribution >= 4 is 50.7 Å². The molecule has 3 aromatic rings. The Hall–Kier alpha value is -1.63. The SMILES string of the molecule is Cn1c(=NC(=O)c2ccno2)sc2ccc(Cl)c(Cl)c21. The lowest BCUT2D eigenvalue weighted by atomic mass is 10.3.